The van der Waals surface area contributed by atoms with Gasteiger partial charge in [0.2, 0.25) is 0 Å². The van der Waals surface area contributed by atoms with Gasteiger partial charge in [0.05, 0.1) is 24.7 Å². The van der Waals surface area contributed by atoms with Crippen LogP contribution in [0.4, 0.5) is 0 Å². The van der Waals surface area contributed by atoms with E-state index in [4.69, 9.17) is 0 Å². The van der Waals surface area contributed by atoms with Crippen molar-refractivity contribution in [2.75, 3.05) is 13.7 Å². The first kappa shape index (κ1) is 14.3. The predicted molar refractivity (Wildman–Crippen MR) is 76.5 cm³/mol. The van der Waals surface area contributed by atoms with E-state index in [0.717, 1.165) is 30.9 Å². The van der Waals surface area contributed by atoms with Gasteiger partial charge in [0.15, 0.2) is 0 Å². The summed E-state index contributed by atoms with van der Waals surface area (Å²) in [4.78, 5) is 15.7. The van der Waals surface area contributed by atoms with Gasteiger partial charge >= 0.3 is 5.97 Å². The fourth-order valence-electron chi connectivity index (χ4n) is 1.91. The highest BCUT2D eigenvalue weighted by molar-refractivity contribution is 5.89. The summed E-state index contributed by atoms with van der Waals surface area (Å²) >= 11 is 0. The van der Waals surface area contributed by atoms with Crippen LogP contribution < -0.4 is 5.32 Å². The van der Waals surface area contributed by atoms with Crippen LogP contribution in [0.1, 0.15) is 28.5 Å². The molecule has 0 bridgehead atoms. The Labute approximate surface area is 118 Å². The second-order valence-corrected chi connectivity index (χ2v) is 4.51. The average Bonchev–Trinajstić information content (AvgIpc) is 2.92. The van der Waals surface area contributed by atoms with Gasteiger partial charge in [0, 0.05) is 19.3 Å². The van der Waals surface area contributed by atoms with Crippen LogP contribution in [0, 0.1) is 0 Å². The standard InChI is InChI=1S/C15H19N3O2/c1-3-16-8-14-10-18(11-17-14)9-12-4-6-13(7-5-12)15(19)20-2/h4-7,10-11,16H,3,8-9H2,1-2H3. The molecule has 1 heterocycles. The van der Waals surface area contributed by atoms with Crippen LogP contribution >= 0.6 is 0 Å². The Morgan fingerprint density at radius 2 is 2.10 bits per heavy atom. The molecule has 1 aromatic carbocycles. The molecule has 5 heteroatoms. The van der Waals surface area contributed by atoms with E-state index in [2.05, 4.69) is 22.0 Å². The first-order valence-electron chi connectivity index (χ1n) is 6.61. The Balaban J connectivity index is 1.99. The van der Waals surface area contributed by atoms with Crippen molar-refractivity contribution in [1.82, 2.24) is 14.9 Å². The maximum Gasteiger partial charge on any atom is 0.337 e. The van der Waals surface area contributed by atoms with Crippen LogP contribution in [0.3, 0.4) is 0 Å². The lowest BCUT2D eigenvalue weighted by atomic mass is 10.1. The van der Waals surface area contributed by atoms with Crippen LogP contribution in [-0.4, -0.2) is 29.2 Å². The number of hydrogen-bond donors (Lipinski definition) is 1. The van der Waals surface area contributed by atoms with Crippen LogP contribution in [0.15, 0.2) is 36.8 Å². The topological polar surface area (TPSA) is 56.2 Å². The molecule has 0 radical (unpaired) electrons. The zero-order valence-electron chi connectivity index (χ0n) is 11.8. The molecule has 2 aromatic rings. The highest BCUT2D eigenvalue weighted by Crippen LogP contribution is 2.08. The maximum absolute atomic E-state index is 11.3. The lowest BCUT2D eigenvalue weighted by Crippen LogP contribution is -2.11. The van der Waals surface area contributed by atoms with E-state index in [0.29, 0.717) is 5.56 Å². The van der Waals surface area contributed by atoms with Crippen LogP contribution in [0.2, 0.25) is 0 Å². The summed E-state index contributed by atoms with van der Waals surface area (Å²) in [5, 5.41) is 3.24. The zero-order valence-corrected chi connectivity index (χ0v) is 11.8. The molecule has 106 valence electrons. The van der Waals surface area contributed by atoms with E-state index in [-0.39, 0.29) is 5.97 Å². The monoisotopic (exact) mass is 273 g/mol. The summed E-state index contributed by atoms with van der Waals surface area (Å²) in [5.74, 6) is -0.313. The van der Waals surface area contributed by atoms with Gasteiger partial charge in [-0.1, -0.05) is 19.1 Å². The highest BCUT2D eigenvalue weighted by Gasteiger charge is 2.05. The van der Waals surface area contributed by atoms with Gasteiger partial charge < -0.3 is 14.6 Å². The van der Waals surface area contributed by atoms with Crippen molar-refractivity contribution in [3.63, 3.8) is 0 Å². The summed E-state index contributed by atoms with van der Waals surface area (Å²) in [5.41, 5.74) is 2.71. The molecule has 0 aliphatic heterocycles. The number of imidazole rings is 1. The second kappa shape index (κ2) is 6.86. The van der Waals surface area contributed by atoms with Crippen molar-refractivity contribution in [2.24, 2.45) is 0 Å². The lowest BCUT2D eigenvalue weighted by molar-refractivity contribution is 0.0600. The van der Waals surface area contributed by atoms with Gasteiger partial charge in [0.25, 0.3) is 0 Å². The summed E-state index contributed by atoms with van der Waals surface area (Å²) < 4.78 is 6.70. The number of carbonyl (C=O) groups is 1. The SMILES string of the molecule is CCNCc1cn(Cc2ccc(C(=O)OC)cc2)cn1. The number of ether oxygens (including phenoxy) is 1. The first-order valence-corrected chi connectivity index (χ1v) is 6.61. The number of rotatable bonds is 6. The number of esters is 1. The number of carbonyl (C=O) groups excluding carboxylic acids is 1. The fraction of sp³-hybridized carbons (Fsp3) is 0.333. The molecular weight excluding hydrogens is 254 g/mol. The van der Waals surface area contributed by atoms with Crippen molar-refractivity contribution < 1.29 is 9.53 Å². The highest BCUT2D eigenvalue weighted by atomic mass is 16.5. The molecule has 0 aliphatic rings. The number of hydrogen-bond acceptors (Lipinski definition) is 4. The predicted octanol–water partition coefficient (Wildman–Crippen LogP) is 1.83. The number of nitrogens with zero attached hydrogens (tertiary/aromatic N) is 2. The summed E-state index contributed by atoms with van der Waals surface area (Å²) in [6, 6.07) is 7.40. The second-order valence-electron chi connectivity index (χ2n) is 4.51. The van der Waals surface area contributed by atoms with E-state index in [1.807, 2.05) is 29.2 Å². The van der Waals surface area contributed by atoms with Gasteiger partial charge in [-0.3, -0.25) is 0 Å². The third-order valence-electron chi connectivity index (χ3n) is 2.98. The molecule has 20 heavy (non-hydrogen) atoms. The molecule has 0 atom stereocenters. The van der Waals surface area contributed by atoms with Crippen LogP contribution in [0.25, 0.3) is 0 Å². The van der Waals surface area contributed by atoms with E-state index < -0.39 is 0 Å². The molecule has 0 saturated carbocycles. The molecule has 0 aliphatic carbocycles. The van der Waals surface area contributed by atoms with Crippen molar-refractivity contribution in [3.05, 3.63) is 53.6 Å². The van der Waals surface area contributed by atoms with Crippen molar-refractivity contribution >= 4 is 5.97 Å². The van der Waals surface area contributed by atoms with Gasteiger partial charge in [0.1, 0.15) is 0 Å². The van der Waals surface area contributed by atoms with Gasteiger partial charge in [-0.25, -0.2) is 9.78 Å². The normalized spacial score (nSPS) is 10.5. The molecule has 5 nitrogen and oxygen atoms in total. The first-order chi connectivity index (χ1) is 9.72. The van der Waals surface area contributed by atoms with Gasteiger partial charge in [-0.05, 0) is 24.2 Å². The Bertz CT molecular complexity index is 561. The molecule has 1 aromatic heterocycles. The quantitative estimate of drug-likeness (QED) is 0.816. The minimum atomic E-state index is -0.313. The summed E-state index contributed by atoms with van der Waals surface area (Å²) in [6.07, 6.45) is 3.85. The third-order valence-corrected chi connectivity index (χ3v) is 2.98. The van der Waals surface area contributed by atoms with Gasteiger partial charge in [-0.2, -0.15) is 0 Å². The van der Waals surface area contributed by atoms with E-state index in [1.54, 1.807) is 12.1 Å². The van der Waals surface area contributed by atoms with Crippen molar-refractivity contribution in [2.45, 2.75) is 20.0 Å². The zero-order chi connectivity index (χ0) is 14.4. The molecule has 2 rings (SSSR count). The maximum atomic E-state index is 11.3. The Hall–Kier alpha value is -2.14. The third kappa shape index (κ3) is 3.68. The Morgan fingerprint density at radius 3 is 2.75 bits per heavy atom. The number of benzene rings is 1. The van der Waals surface area contributed by atoms with Gasteiger partial charge in [-0.15, -0.1) is 0 Å². The number of aromatic nitrogens is 2. The smallest absolute Gasteiger partial charge is 0.337 e. The van der Waals surface area contributed by atoms with E-state index in [1.165, 1.54) is 7.11 Å². The fourth-order valence-corrected chi connectivity index (χ4v) is 1.91. The molecule has 0 fully saturated rings. The van der Waals surface area contributed by atoms with Crippen molar-refractivity contribution in [3.8, 4) is 0 Å². The Kier molecular flexibility index (Phi) is 4.90. The van der Waals surface area contributed by atoms with Crippen LogP contribution in [-0.2, 0) is 17.8 Å². The molecule has 0 spiro atoms. The minimum absolute atomic E-state index is 0.313. The number of methoxy groups -OCH3 is 1. The molecular formula is C15H19N3O2. The summed E-state index contributed by atoms with van der Waals surface area (Å²) in [7, 11) is 1.38. The lowest BCUT2D eigenvalue weighted by Gasteiger charge is -2.04. The average molecular weight is 273 g/mol. The largest absolute Gasteiger partial charge is 0.465 e. The molecule has 1 N–H and O–H groups in total. The summed E-state index contributed by atoms with van der Waals surface area (Å²) in [6.45, 7) is 4.52. The van der Waals surface area contributed by atoms with Crippen LogP contribution in [0.5, 0.6) is 0 Å². The Morgan fingerprint density at radius 1 is 1.35 bits per heavy atom. The molecule has 0 amide bonds. The minimum Gasteiger partial charge on any atom is -0.465 e. The van der Waals surface area contributed by atoms with E-state index in [9.17, 15) is 4.79 Å². The van der Waals surface area contributed by atoms with Crippen molar-refractivity contribution in [1.29, 1.82) is 0 Å². The molecule has 0 saturated heterocycles. The van der Waals surface area contributed by atoms with E-state index >= 15 is 0 Å². The molecule has 0 unspecified atom stereocenters. The number of nitrogens with one attached hydrogen (secondary N) is 1.